The third-order valence-electron chi connectivity index (χ3n) is 3.90. The molecular formula is C17H16N2O. The van der Waals surface area contributed by atoms with Crippen LogP contribution >= 0.6 is 0 Å². The first-order valence-electron chi connectivity index (χ1n) is 6.84. The summed E-state index contributed by atoms with van der Waals surface area (Å²) in [5.74, 6) is 0.385. The molecule has 0 spiro atoms. The van der Waals surface area contributed by atoms with Gasteiger partial charge in [-0.15, -0.1) is 0 Å². The summed E-state index contributed by atoms with van der Waals surface area (Å²) >= 11 is 0. The van der Waals surface area contributed by atoms with Crippen molar-refractivity contribution in [2.24, 2.45) is 5.92 Å². The molecule has 20 heavy (non-hydrogen) atoms. The average Bonchev–Trinajstić information content (AvgIpc) is 3.31. The summed E-state index contributed by atoms with van der Waals surface area (Å²) in [6, 6.07) is 9.80. The first-order chi connectivity index (χ1) is 9.70. The van der Waals surface area contributed by atoms with Gasteiger partial charge in [0, 0.05) is 18.0 Å². The van der Waals surface area contributed by atoms with Crippen LogP contribution in [0, 0.1) is 24.2 Å². The highest BCUT2D eigenvalue weighted by Gasteiger charge is 2.32. The molecule has 3 nitrogen and oxygen atoms in total. The predicted molar refractivity (Wildman–Crippen MR) is 76.8 cm³/mol. The second-order valence-corrected chi connectivity index (χ2v) is 5.39. The van der Waals surface area contributed by atoms with Gasteiger partial charge in [0.2, 0.25) is 0 Å². The Labute approximate surface area is 118 Å². The van der Waals surface area contributed by atoms with Crippen molar-refractivity contribution in [3.05, 3.63) is 53.3 Å². The van der Waals surface area contributed by atoms with Crippen molar-refractivity contribution in [2.75, 3.05) is 0 Å². The molecule has 3 rings (SSSR count). The van der Waals surface area contributed by atoms with E-state index in [1.165, 1.54) is 0 Å². The molecule has 0 saturated heterocycles. The van der Waals surface area contributed by atoms with Crippen LogP contribution in [0.2, 0.25) is 0 Å². The molecule has 1 aromatic heterocycles. The number of rotatable bonds is 3. The van der Waals surface area contributed by atoms with Crippen LogP contribution in [0.3, 0.4) is 0 Å². The van der Waals surface area contributed by atoms with Crippen molar-refractivity contribution in [1.29, 1.82) is 5.26 Å². The molecule has 3 heteroatoms. The fourth-order valence-corrected chi connectivity index (χ4v) is 2.53. The summed E-state index contributed by atoms with van der Waals surface area (Å²) in [6.07, 6.45) is 5.29. The minimum atomic E-state index is -0.413. The molecular weight excluding hydrogens is 248 g/mol. The van der Waals surface area contributed by atoms with E-state index in [1.54, 1.807) is 12.4 Å². The lowest BCUT2D eigenvalue weighted by Gasteiger charge is -2.15. The van der Waals surface area contributed by atoms with Gasteiger partial charge in [0.15, 0.2) is 0 Å². The highest BCUT2D eigenvalue weighted by atomic mass is 16.3. The van der Waals surface area contributed by atoms with Crippen LogP contribution in [0.4, 0.5) is 0 Å². The van der Waals surface area contributed by atoms with Gasteiger partial charge in [-0.25, -0.2) is 0 Å². The summed E-state index contributed by atoms with van der Waals surface area (Å²) in [5.41, 5.74) is 4.53. The van der Waals surface area contributed by atoms with E-state index in [-0.39, 0.29) is 0 Å². The number of aliphatic hydroxyl groups excluding tert-OH is 1. The van der Waals surface area contributed by atoms with Gasteiger partial charge in [-0.2, -0.15) is 5.26 Å². The first-order valence-corrected chi connectivity index (χ1v) is 6.84. The molecule has 1 N–H and O–H groups in total. The quantitative estimate of drug-likeness (QED) is 0.924. The van der Waals surface area contributed by atoms with Crippen molar-refractivity contribution < 1.29 is 5.11 Å². The van der Waals surface area contributed by atoms with Gasteiger partial charge in [0.25, 0.3) is 0 Å². The summed E-state index contributed by atoms with van der Waals surface area (Å²) in [7, 11) is 0. The fourth-order valence-electron chi connectivity index (χ4n) is 2.53. The number of benzene rings is 1. The van der Waals surface area contributed by atoms with Crippen molar-refractivity contribution >= 4 is 0 Å². The second-order valence-electron chi connectivity index (χ2n) is 5.39. The zero-order valence-corrected chi connectivity index (χ0v) is 11.4. The van der Waals surface area contributed by atoms with Crippen LogP contribution in [-0.4, -0.2) is 10.1 Å². The van der Waals surface area contributed by atoms with E-state index in [2.05, 4.69) is 11.1 Å². The highest BCUT2D eigenvalue weighted by molar-refractivity contribution is 5.68. The molecule has 1 fully saturated rings. The van der Waals surface area contributed by atoms with Crippen LogP contribution in [0.15, 0.2) is 36.7 Å². The van der Waals surface area contributed by atoms with Crippen molar-refractivity contribution in [3.63, 3.8) is 0 Å². The van der Waals surface area contributed by atoms with E-state index in [0.29, 0.717) is 11.5 Å². The van der Waals surface area contributed by atoms with E-state index in [9.17, 15) is 5.11 Å². The van der Waals surface area contributed by atoms with Gasteiger partial charge in [-0.1, -0.05) is 12.1 Å². The molecule has 0 amide bonds. The summed E-state index contributed by atoms with van der Waals surface area (Å²) in [5, 5.41) is 19.4. The molecule has 1 atom stereocenters. The van der Waals surface area contributed by atoms with Gasteiger partial charge in [0.05, 0.1) is 17.7 Å². The number of aliphatic hydroxyl groups is 1. The molecule has 0 radical (unpaired) electrons. The Kier molecular flexibility index (Phi) is 3.25. The number of aromatic nitrogens is 1. The maximum Gasteiger partial charge on any atom is 0.0994 e. The highest BCUT2D eigenvalue weighted by Crippen LogP contribution is 2.43. The van der Waals surface area contributed by atoms with Crippen molar-refractivity contribution in [3.8, 4) is 17.2 Å². The van der Waals surface area contributed by atoms with Gasteiger partial charge in [-0.05, 0) is 54.5 Å². The Morgan fingerprint density at radius 3 is 2.80 bits per heavy atom. The van der Waals surface area contributed by atoms with Crippen LogP contribution in [0.1, 0.15) is 35.6 Å². The Morgan fingerprint density at radius 1 is 1.35 bits per heavy atom. The second kappa shape index (κ2) is 5.07. The van der Waals surface area contributed by atoms with Crippen molar-refractivity contribution in [2.45, 2.75) is 25.9 Å². The number of hydrogen-bond donors (Lipinski definition) is 1. The van der Waals surface area contributed by atoms with Crippen LogP contribution < -0.4 is 0 Å². The lowest BCUT2D eigenvalue weighted by Crippen LogP contribution is -2.02. The molecule has 1 heterocycles. The van der Waals surface area contributed by atoms with E-state index in [0.717, 1.165) is 35.1 Å². The third kappa shape index (κ3) is 2.31. The number of nitriles is 1. The van der Waals surface area contributed by atoms with Crippen molar-refractivity contribution in [1.82, 2.24) is 4.98 Å². The molecule has 1 unspecified atom stereocenters. The maximum absolute atomic E-state index is 10.4. The molecule has 1 saturated carbocycles. The van der Waals surface area contributed by atoms with Gasteiger partial charge < -0.3 is 5.11 Å². The molecule has 0 aliphatic heterocycles. The summed E-state index contributed by atoms with van der Waals surface area (Å²) in [6.45, 7) is 1.93. The summed E-state index contributed by atoms with van der Waals surface area (Å²) in [4.78, 5) is 4.18. The maximum atomic E-state index is 10.4. The topological polar surface area (TPSA) is 56.9 Å². The SMILES string of the molecule is Cc1cc(-c2cnccc2C(O)C2CC2)ccc1C#N. The molecule has 0 bridgehead atoms. The van der Waals surface area contributed by atoms with Crippen LogP contribution in [0.5, 0.6) is 0 Å². The van der Waals surface area contributed by atoms with E-state index < -0.39 is 6.10 Å². The van der Waals surface area contributed by atoms with Crippen LogP contribution in [-0.2, 0) is 0 Å². The smallest absolute Gasteiger partial charge is 0.0994 e. The molecule has 100 valence electrons. The average molecular weight is 264 g/mol. The predicted octanol–water partition coefficient (Wildman–Crippen LogP) is 3.37. The number of nitrogens with zero attached hydrogens (tertiary/aromatic N) is 2. The van der Waals surface area contributed by atoms with E-state index in [1.807, 2.05) is 31.2 Å². The molecule has 1 aliphatic rings. The lowest BCUT2D eigenvalue weighted by molar-refractivity contribution is 0.154. The monoisotopic (exact) mass is 264 g/mol. The van der Waals surface area contributed by atoms with E-state index >= 15 is 0 Å². The minimum absolute atomic E-state index is 0.385. The van der Waals surface area contributed by atoms with E-state index in [4.69, 9.17) is 5.26 Å². The molecule has 1 aromatic carbocycles. The minimum Gasteiger partial charge on any atom is -0.388 e. The fraction of sp³-hybridized carbons (Fsp3) is 0.294. The number of pyridine rings is 1. The lowest BCUT2D eigenvalue weighted by atomic mass is 9.94. The number of aryl methyl sites for hydroxylation is 1. The third-order valence-corrected chi connectivity index (χ3v) is 3.90. The normalized spacial score (nSPS) is 15.7. The Bertz CT molecular complexity index is 684. The first kappa shape index (κ1) is 12.8. The zero-order chi connectivity index (χ0) is 14.1. The summed E-state index contributed by atoms with van der Waals surface area (Å²) < 4.78 is 0. The van der Waals surface area contributed by atoms with Gasteiger partial charge >= 0.3 is 0 Å². The number of hydrogen-bond acceptors (Lipinski definition) is 3. The Balaban J connectivity index is 2.06. The zero-order valence-electron chi connectivity index (χ0n) is 11.4. The van der Waals surface area contributed by atoms with Gasteiger partial charge in [-0.3, -0.25) is 4.98 Å². The largest absolute Gasteiger partial charge is 0.388 e. The Hall–Kier alpha value is -2.18. The van der Waals surface area contributed by atoms with Gasteiger partial charge in [0.1, 0.15) is 0 Å². The molecule has 1 aliphatic carbocycles. The van der Waals surface area contributed by atoms with Crippen LogP contribution in [0.25, 0.3) is 11.1 Å². The molecule has 2 aromatic rings. The standard InChI is InChI=1S/C17H16N2O/c1-11-8-13(4-5-14(11)9-18)16-10-19-7-6-15(16)17(20)12-2-3-12/h4-8,10,12,17,20H,2-3H2,1H3. The Morgan fingerprint density at radius 2 is 2.15 bits per heavy atom.